The van der Waals surface area contributed by atoms with Gasteiger partial charge in [0.15, 0.2) is 5.78 Å². The molecule has 3 nitrogen and oxygen atoms in total. The highest BCUT2D eigenvalue weighted by Crippen LogP contribution is 2.46. The third kappa shape index (κ3) is 2.36. The van der Waals surface area contributed by atoms with Gasteiger partial charge in [0.05, 0.1) is 5.60 Å². The van der Waals surface area contributed by atoms with E-state index in [9.17, 15) is 4.79 Å². The molecule has 0 aromatic rings. The predicted octanol–water partition coefficient (Wildman–Crippen LogP) is 3.25. The maximum Gasteiger partial charge on any atom is 0.167 e. The number of hydrogen-bond acceptors (Lipinski definition) is 3. The van der Waals surface area contributed by atoms with Crippen LogP contribution in [0.5, 0.6) is 0 Å². The molecule has 0 bridgehead atoms. The molecule has 1 spiro atoms. The lowest BCUT2D eigenvalue weighted by Crippen LogP contribution is -2.52. The van der Waals surface area contributed by atoms with E-state index >= 15 is 0 Å². The molecular weight excluding hydrogens is 240 g/mol. The van der Waals surface area contributed by atoms with Gasteiger partial charge in [-0.15, -0.1) is 0 Å². The summed E-state index contributed by atoms with van der Waals surface area (Å²) in [6, 6.07) is 0. The van der Waals surface area contributed by atoms with Crippen LogP contribution in [0, 0.1) is 5.92 Å². The molecule has 3 aliphatic rings. The molecule has 2 saturated carbocycles. The zero-order chi connectivity index (χ0) is 13.3. The molecule has 1 atom stereocenters. The molecule has 0 amide bonds. The van der Waals surface area contributed by atoms with Crippen LogP contribution in [0.3, 0.4) is 0 Å². The fourth-order valence-electron chi connectivity index (χ4n) is 4.22. The highest BCUT2D eigenvalue weighted by Gasteiger charge is 2.49. The van der Waals surface area contributed by atoms with Crippen LogP contribution in [0.15, 0.2) is 0 Å². The first-order chi connectivity index (χ1) is 9.20. The van der Waals surface area contributed by atoms with E-state index in [-0.39, 0.29) is 11.5 Å². The standard InChI is InChI=1S/C16H26O3/c1-18-16(9-3-2-4-10-16)14(17)13-6-11-19-15(12-13)7-5-8-15/h13H,2-12H2,1H3. The lowest BCUT2D eigenvalue weighted by Gasteiger charge is -2.48. The Morgan fingerprint density at radius 3 is 2.42 bits per heavy atom. The zero-order valence-electron chi connectivity index (χ0n) is 12.1. The van der Waals surface area contributed by atoms with Gasteiger partial charge in [0.1, 0.15) is 5.60 Å². The molecule has 19 heavy (non-hydrogen) atoms. The number of ether oxygens (including phenoxy) is 2. The van der Waals surface area contributed by atoms with Gasteiger partial charge in [-0.2, -0.15) is 0 Å². The summed E-state index contributed by atoms with van der Waals surface area (Å²) in [7, 11) is 1.72. The Bertz CT molecular complexity index is 340. The monoisotopic (exact) mass is 266 g/mol. The van der Waals surface area contributed by atoms with Gasteiger partial charge in [-0.3, -0.25) is 4.79 Å². The van der Waals surface area contributed by atoms with E-state index in [1.54, 1.807) is 7.11 Å². The summed E-state index contributed by atoms with van der Waals surface area (Å²) >= 11 is 0. The number of rotatable bonds is 3. The second-order valence-corrected chi connectivity index (χ2v) is 6.70. The molecule has 0 aromatic heterocycles. The van der Waals surface area contributed by atoms with E-state index < -0.39 is 5.60 Å². The fraction of sp³-hybridized carbons (Fsp3) is 0.938. The Morgan fingerprint density at radius 2 is 1.84 bits per heavy atom. The SMILES string of the molecule is COC1(C(=O)C2CCOC3(CCC3)C2)CCCCC1. The third-order valence-electron chi connectivity index (χ3n) is 5.63. The molecule has 108 valence electrons. The summed E-state index contributed by atoms with van der Waals surface area (Å²) < 4.78 is 11.7. The van der Waals surface area contributed by atoms with E-state index in [0.717, 1.165) is 58.0 Å². The van der Waals surface area contributed by atoms with Gasteiger partial charge in [0.25, 0.3) is 0 Å². The maximum absolute atomic E-state index is 13.0. The van der Waals surface area contributed by atoms with E-state index in [0.29, 0.717) is 5.78 Å². The Hall–Kier alpha value is -0.410. The van der Waals surface area contributed by atoms with Gasteiger partial charge in [-0.1, -0.05) is 19.3 Å². The van der Waals surface area contributed by atoms with Crippen molar-refractivity contribution in [1.29, 1.82) is 0 Å². The highest BCUT2D eigenvalue weighted by molar-refractivity contribution is 5.89. The molecule has 0 radical (unpaired) electrons. The Morgan fingerprint density at radius 1 is 1.11 bits per heavy atom. The van der Waals surface area contributed by atoms with Crippen molar-refractivity contribution >= 4 is 5.78 Å². The van der Waals surface area contributed by atoms with Crippen molar-refractivity contribution < 1.29 is 14.3 Å². The molecule has 2 aliphatic carbocycles. The fourth-order valence-corrected chi connectivity index (χ4v) is 4.22. The minimum Gasteiger partial charge on any atom is -0.375 e. The first kappa shape index (κ1) is 13.6. The molecule has 1 unspecified atom stereocenters. The van der Waals surface area contributed by atoms with Crippen molar-refractivity contribution in [2.24, 2.45) is 5.92 Å². The molecule has 0 N–H and O–H groups in total. The summed E-state index contributed by atoms with van der Waals surface area (Å²) in [6.45, 7) is 0.760. The largest absolute Gasteiger partial charge is 0.375 e. The van der Waals surface area contributed by atoms with Crippen molar-refractivity contribution in [3.05, 3.63) is 0 Å². The lowest BCUT2D eigenvalue weighted by molar-refractivity contribution is -0.171. The minimum atomic E-state index is -0.467. The molecule has 1 aliphatic heterocycles. The first-order valence-electron chi connectivity index (χ1n) is 7.93. The van der Waals surface area contributed by atoms with Crippen LogP contribution in [0.1, 0.15) is 64.2 Å². The Balaban J connectivity index is 1.71. The van der Waals surface area contributed by atoms with Gasteiger partial charge in [-0.25, -0.2) is 0 Å². The smallest absolute Gasteiger partial charge is 0.167 e. The Kier molecular flexibility index (Phi) is 3.69. The minimum absolute atomic E-state index is 0.0577. The average Bonchev–Trinajstić information content (AvgIpc) is 2.45. The second-order valence-electron chi connectivity index (χ2n) is 6.70. The molecule has 3 rings (SSSR count). The predicted molar refractivity (Wildman–Crippen MR) is 73.1 cm³/mol. The number of hydrogen-bond donors (Lipinski definition) is 0. The van der Waals surface area contributed by atoms with Gasteiger partial charge < -0.3 is 9.47 Å². The van der Waals surface area contributed by atoms with E-state index in [1.165, 1.54) is 12.8 Å². The van der Waals surface area contributed by atoms with Gasteiger partial charge in [-0.05, 0) is 44.9 Å². The molecule has 3 heteroatoms. The number of ketones is 1. The van der Waals surface area contributed by atoms with Crippen LogP contribution in [0.2, 0.25) is 0 Å². The van der Waals surface area contributed by atoms with Gasteiger partial charge in [0.2, 0.25) is 0 Å². The van der Waals surface area contributed by atoms with E-state index in [1.807, 2.05) is 0 Å². The zero-order valence-corrected chi connectivity index (χ0v) is 12.1. The molecule has 1 saturated heterocycles. The van der Waals surface area contributed by atoms with E-state index in [4.69, 9.17) is 9.47 Å². The topological polar surface area (TPSA) is 35.5 Å². The summed E-state index contributed by atoms with van der Waals surface area (Å²) in [5, 5.41) is 0. The molecule has 1 heterocycles. The normalized spacial score (nSPS) is 32.8. The summed E-state index contributed by atoms with van der Waals surface area (Å²) in [5.74, 6) is 0.552. The quantitative estimate of drug-likeness (QED) is 0.786. The summed E-state index contributed by atoms with van der Waals surface area (Å²) in [6.07, 6.45) is 10.8. The van der Waals surface area contributed by atoms with Crippen LogP contribution >= 0.6 is 0 Å². The number of carbonyl (C=O) groups is 1. The summed E-state index contributed by atoms with van der Waals surface area (Å²) in [4.78, 5) is 13.0. The van der Waals surface area contributed by atoms with E-state index in [2.05, 4.69) is 0 Å². The average molecular weight is 266 g/mol. The molecule has 0 aromatic carbocycles. The number of methoxy groups -OCH3 is 1. The lowest BCUT2D eigenvalue weighted by atomic mass is 9.67. The Labute approximate surface area is 116 Å². The van der Waals surface area contributed by atoms with Gasteiger partial charge >= 0.3 is 0 Å². The van der Waals surface area contributed by atoms with Crippen molar-refractivity contribution in [3.63, 3.8) is 0 Å². The van der Waals surface area contributed by atoms with Crippen molar-refractivity contribution in [2.75, 3.05) is 13.7 Å². The van der Waals surface area contributed by atoms with Crippen LogP contribution in [-0.2, 0) is 14.3 Å². The van der Waals surface area contributed by atoms with Crippen LogP contribution in [-0.4, -0.2) is 30.7 Å². The van der Waals surface area contributed by atoms with Crippen LogP contribution < -0.4 is 0 Å². The highest BCUT2D eigenvalue weighted by atomic mass is 16.5. The number of Topliss-reactive ketones (excluding diaryl/α,β-unsaturated/α-hetero) is 1. The van der Waals surface area contributed by atoms with Crippen molar-refractivity contribution in [3.8, 4) is 0 Å². The van der Waals surface area contributed by atoms with Gasteiger partial charge in [0, 0.05) is 19.6 Å². The number of carbonyl (C=O) groups excluding carboxylic acids is 1. The van der Waals surface area contributed by atoms with Crippen molar-refractivity contribution in [1.82, 2.24) is 0 Å². The van der Waals surface area contributed by atoms with Crippen molar-refractivity contribution in [2.45, 2.75) is 75.4 Å². The second kappa shape index (κ2) is 5.17. The van der Waals surface area contributed by atoms with Crippen LogP contribution in [0.25, 0.3) is 0 Å². The first-order valence-corrected chi connectivity index (χ1v) is 7.93. The maximum atomic E-state index is 13.0. The molecule has 3 fully saturated rings. The summed E-state index contributed by atoms with van der Waals surface area (Å²) in [5.41, 5.74) is -0.409. The molecular formula is C16H26O3. The van der Waals surface area contributed by atoms with Crippen LogP contribution in [0.4, 0.5) is 0 Å². The third-order valence-corrected chi connectivity index (χ3v) is 5.63.